The van der Waals surface area contributed by atoms with Crippen LogP contribution in [0.25, 0.3) is 10.8 Å². The summed E-state index contributed by atoms with van der Waals surface area (Å²) in [4.78, 5) is 12.1. The molecular weight excluding hydrogens is 703 g/mol. The molecule has 0 aliphatic rings. The van der Waals surface area contributed by atoms with Crippen LogP contribution in [0.3, 0.4) is 0 Å². The normalized spacial score (nSPS) is 12.4. The van der Waals surface area contributed by atoms with Crippen molar-refractivity contribution in [3.8, 4) is 5.75 Å². The molecule has 0 spiro atoms. The van der Waals surface area contributed by atoms with Gasteiger partial charge in [0.25, 0.3) is 20.2 Å². The van der Waals surface area contributed by atoms with Crippen LogP contribution in [0.5, 0.6) is 5.75 Å². The van der Waals surface area contributed by atoms with Gasteiger partial charge in [0.15, 0.2) is 0 Å². The van der Waals surface area contributed by atoms with Gasteiger partial charge >= 0.3 is 8.80 Å². The molecule has 0 unspecified atom stereocenters. The summed E-state index contributed by atoms with van der Waals surface area (Å²) in [5, 5.41) is 28.0. The Morgan fingerprint density at radius 3 is 2.14 bits per heavy atom. The minimum absolute atomic E-state index is 0.0581. The highest BCUT2D eigenvalue weighted by atomic mass is 32.2. The molecule has 0 aliphatic carbocycles. The zero-order valence-corrected chi connectivity index (χ0v) is 29.1. The minimum atomic E-state index is -4.85. The molecule has 22 heteroatoms. The van der Waals surface area contributed by atoms with Crippen molar-refractivity contribution in [2.75, 3.05) is 61.9 Å². The number of aromatic hydroxyl groups is 1. The number of hydrogen-bond donors (Lipinski definition) is 7. The van der Waals surface area contributed by atoms with Crippen molar-refractivity contribution in [1.29, 1.82) is 0 Å². The molecule has 1 aromatic heterocycles. The number of phenolic OH excluding ortho intramolecular Hbond substituents is 1. The van der Waals surface area contributed by atoms with Gasteiger partial charge in [-0.05, 0) is 42.1 Å². The van der Waals surface area contributed by atoms with Crippen LogP contribution in [-0.2, 0) is 33.5 Å². The summed E-state index contributed by atoms with van der Waals surface area (Å²) in [5.74, 6) is -0.853. The first-order chi connectivity index (χ1) is 23.2. The van der Waals surface area contributed by atoms with E-state index in [0.717, 1.165) is 6.07 Å². The van der Waals surface area contributed by atoms with Gasteiger partial charge in [0.2, 0.25) is 17.8 Å². The van der Waals surface area contributed by atoms with E-state index in [1.54, 1.807) is 24.3 Å². The quantitative estimate of drug-likeness (QED) is 0.0267. The van der Waals surface area contributed by atoms with Gasteiger partial charge in [0.1, 0.15) is 22.0 Å². The minimum Gasteiger partial charge on any atom is -0.507 e. The highest BCUT2D eigenvalue weighted by Gasteiger charge is 2.36. The van der Waals surface area contributed by atoms with E-state index in [9.17, 15) is 26.5 Å². The molecule has 0 atom stereocenters. The van der Waals surface area contributed by atoms with E-state index in [0.29, 0.717) is 29.8 Å². The molecule has 19 nitrogen and oxygen atoms in total. The molecule has 4 rings (SSSR count). The number of aromatic nitrogens is 3. The number of nitrogens with two attached hydrogens (primary N) is 1. The Labute approximate surface area is 282 Å². The Kier molecular flexibility index (Phi) is 12.0. The summed E-state index contributed by atoms with van der Waals surface area (Å²) in [6.45, 7) is 0.0985. The molecule has 8 N–H and O–H groups in total. The standard InChI is InChI=1S/C27H35N9O10S2Si/c1-44-49(45-2,46-3)15-5-12-29-25-32-26(30-13-14-47(38,39)40)34-27(33-25)31-18-9-11-20(22(16-18)48(41,42)43)35-36-24-19(28)10-8-17-6-4-7-21(37)23(17)24/h4,6-11,16,37H,5,12-15,28H2,1-3H3,(H,38,39,40)(H,41,42,43)(H3,29,30,31,32,33,34). The number of azo groups is 1. The van der Waals surface area contributed by atoms with Crippen molar-refractivity contribution in [3.63, 3.8) is 0 Å². The molecule has 0 saturated carbocycles. The maximum Gasteiger partial charge on any atom is 0.500 e. The number of benzene rings is 3. The van der Waals surface area contributed by atoms with Gasteiger partial charge in [0.05, 0.1) is 16.8 Å². The molecule has 4 aromatic rings. The van der Waals surface area contributed by atoms with Gasteiger partial charge in [-0.25, -0.2) is 0 Å². The fourth-order valence-corrected chi connectivity index (χ4v) is 7.25. The maximum atomic E-state index is 12.4. The summed E-state index contributed by atoms with van der Waals surface area (Å²) in [6.07, 6.45) is 0.527. The lowest BCUT2D eigenvalue weighted by Crippen LogP contribution is -2.42. The molecule has 49 heavy (non-hydrogen) atoms. The number of phenols is 1. The summed E-state index contributed by atoms with van der Waals surface area (Å²) >= 11 is 0. The molecule has 3 aromatic carbocycles. The third-order valence-corrected chi connectivity index (χ3v) is 11.4. The lowest BCUT2D eigenvalue weighted by atomic mass is 10.1. The fourth-order valence-electron chi connectivity index (χ4n) is 4.52. The lowest BCUT2D eigenvalue weighted by Gasteiger charge is -2.24. The zero-order chi connectivity index (χ0) is 35.8. The smallest absolute Gasteiger partial charge is 0.500 e. The summed E-state index contributed by atoms with van der Waals surface area (Å²) in [5.41, 5.74) is 6.20. The van der Waals surface area contributed by atoms with Gasteiger partial charge in [-0.1, -0.05) is 18.2 Å². The first kappa shape index (κ1) is 37.3. The number of nitrogens with zero attached hydrogens (tertiary/aromatic N) is 5. The van der Waals surface area contributed by atoms with Gasteiger partial charge in [0, 0.05) is 46.2 Å². The Hall–Kier alpha value is -4.55. The number of rotatable bonds is 17. The van der Waals surface area contributed by atoms with Crippen molar-refractivity contribution in [1.82, 2.24) is 15.0 Å². The van der Waals surface area contributed by atoms with Crippen LogP contribution in [-0.4, -0.2) is 95.0 Å². The SMILES string of the molecule is CO[Si](CCCNc1nc(NCCS(=O)(=O)O)nc(Nc2ccc(N=Nc3c(N)ccc4cccc(O)c34)c(S(=O)(=O)O)c2)n1)(OC)OC. The highest BCUT2D eigenvalue weighted by Crippen LogP contribution is 2.39. The van der Waals surface area contributed by atoms with Crippen LogP contribution in [0.15, 0.2) is 63.7 Å². The van der Waals surface area contributed by atoms with Crippen molar-refractivity contribution < 1.29 is 44.3 Å². The van der Waals surface area contributed by atoms with Crippen LogP contribution >= 0.6 is 0 Å². The van der Waals surface area contributed by atoms with Crippen LogP contribution in [0.1, 0.15) is 6.42 Å². The third kappa shape index (κ3) is 9.99. The Morgan fingerprint density at radius 1 is 0.857 bits per heavy atom. The van der Waals surface area contributed by atoms with Crippen molar-refractivity contribution in [2.45, 2.75) is 17.4 Å². The summed E-state index contributed by atoms with van der Waals surface area (Å²) < 4.78 is 82.6. The van der Waals surface area contributed by atoms with E-state index in [-0.39, 0.29) is 52.9 Å². The second kappa shape index (κ2) is 15.8. The molecule has 264 valence electrons. The van der Waals surface area contributed by atoms with Crippen LogP contribution in [0.4, 0.5) is 40.6 Å². The zero-order valence-electron chi connectivity index (χ0n) is 26.5. The molecule has 0 radical (unpaired) electrons. The van der Waals surface area contributed by atoms with Crippen LogP contribution in [0.2, 0.25) is 6.04 Å². The van der Waals surface area contributed by atoms with E-state index < -0.39 is 39.7 Å². The van der Waals surface area contributed by atoms with Gasteiger partial charge in [-0.15, -0.1) is 10.2 Å². The fraction of sp³-hybridized carbons (Fsp3) is 0.296. The topological polar surface area (TPSA) is 282 Å². The second-order valence-electron chi connectivity index (χ2n) is 10.2. The molecule has 1 heterocycles. The lowest BCUT2D eigenvalue weighted by molar-refractivity contribution is 0.123. The monoisotopic (exact) mass is 737 g/mol. The first-order valence-corrected chi connectivity index (χ1v) is 19.3. The number of hydrogen-bond acceptors (Lipinski definition) is 17. The average Bonchev–Trinajstić information content (AvgIpc) is 3.04. The van der Waals surface area contributed by atoms with Gasteiger partial charge in [-0.3, -0.25) is 9.11 Å². The largest absolute Gasteiger partial charge is 0.507 e. The van der Waals surface area contributed by atoms with Crippen molar-refractivity contribution >= 4 is 80.4 Å². The Balaban J connectivity index is 1.62. The van der Waals surface area contributed by atoms with E-state index in [4.69, 9.17) is 23.6 Å². The number of fused-ring (bicyclic) bond motifs is 1. The van der Waals surface area contributed by atoms with Crippen LogP contribution in [0, 0.1) is 0 Å². The van der Waals surface area contributed by atoms with Gasteiger partial charge in [-0.2, -0.15) is 31.8 Å². The van der Waals surface area contributed by atoms with Crippen LogP contribution < -0.4 is 21.7 Å². The summed E-state index contributed by atoms with van der Waals surface area (Å²) in [7, 11) is -7.47. The predicted octanol–water partition coefficient (Wildman–Crippen LogP) is 3.70. The number of nitrogens with one attached hydrogen (secondary N) is 3. The predicted molar refractivity (Wildman–Crippen MR) is 183 cm³/mol. The van der Waals surface area contributed by atoms with E-state index >= 15 is 0 Å². The van der Waals surface area contributed by atoms with E-state index in [2.05, 4.69) is 41.1 Å². The third-order valence-electron chi connectivity index (χ3n) is 6.93. The van der Waals surface area contributed by atoms with Crippen molar-refractivity contribution in [2.24, 2.45) is 10.2 Å². The Bertz CT molecular complexity index is 2040. The van der Waals surface area contributed by atoms with E-state index in [1.165, 1.54) is 39.5 Å². The Morgan fingerprint density at radius 2 is 1.51 bits per heavy atom. The average molecular weight is 738 g/mol. The first-order valence-electron chi connectivity index (χ1n) is 14.3. The molecular formula is C27H35N9O10S2Si. The second-order valence-corrected chi connectivity index (χ2v) is 16.3. The van der Waals surface area contributed by atoms with E-state index in [1.807, 2.05) is 0 Å². The number of nitrogen functional groups attached to an aromatic ring is 1. The molecule has 0 aliphatic heterocycles. The summed E-state index contributed by atoms with van der Waals surface area (Å²) in [6, 6.07) is 12.3. The molecule has 0 fully saturated rings. The maximum absolute atomic E-state index is 12.4. The molecule has 0 bridgehead atoms. The van der Waals surface area contributed by atoms with Crippen molar-refractivity contribution in [3.05, 3.63) is 48.5 Å². The van der Waals surface area contributed by atoms with Gasteiger partial charge < -0.3 is 40.1 Å². The molecule has 0 saturated heterocycles. The highest BCUT2D eigenvalue weighted by molar-refractivity contribution is 7.86. The molecule has 0 amide bonds. The number of anilines is 5.